The predicted octanol–water partition coefficient (Wildman–Crippen LogP) is 2.20. The van der Waals surface area contributed by atoms with Crippen LogP contribution in [-0.4, -0.2) is 25.9 Å². The van der Waals surface area contributed by atoms with Crippen LogP contribution in [0.3, 0.4) is 0 Å². The molecule has 0 saturated carbocycles. The number of ether oxygens (including phenoxy) is 1. The van der Waals surface area contributed by atoms with Gasteiger partial charge in [-0.1, -0.05) is 17.3 Å². The molecule has 7 nitrogen and oxygen atoms in total. The number of halogens is 1. The summed E-state index contributed by atoms with van der Waals surface area (Å²) >= 11 is 0. The fraction of sp³-hybridized carbons (Fsp3) is 0.250. The molecule has 8 heteroatoms. The van der Waals surface area contributed by atoms with E-state index in [9.17, 15) is 9.18 Å². The number of aromatic nitrogens is 4. The summed E-state index contributed by atoms with van der Waals surface area (Å²) in [4.78, 5) is 16.1. The van der Waals surface area contributed by atoms with Gasteiger partial charge in [0.15, 0.2) is 12.4 Å². The smallest absolute Gasteiger partial charge is 0.342 e. The molecule has 0 atom stereocenters. The number of benzene rings is 1. The molecular formula is C16H15FN4O3. The summed E-state index contributed by atoms with van der Waals surface area (Å²) in [5.41, 5.74) is 1.96. The van der Waals surface area contributed by atoms with Crippen LogP contribution >= 0.6 is 0 Å². The molecule has 0 bridgehead atoms. The van der Waals surface area contributed by atoms with Crippen molar-refractivity contribution >= 4 is 5.97 Å². The van der Waals surface area contributed by atoms with E-state index in [1.54, 1.807) is 30.8 Å². The van der Waals surface area contributed by atoms with E-state index < -0.39 is 5.97 Å². The molecule has 124 valence electrons. The maximum absolute atomic E-state index is 12.9. The lowest BCUT2D eigenvalue weighted by Crippen LogP contribution is -2.07. The summed E-state index contributed by atoms with van der Waals surface area (Å²) in [7, 11) is 1.74. The zero-order valence-corrected chi connectivity index (χ0v) is 13.2. The lowest BCUT2D eigenvalue weighted by molar-refractivity contribution is 0.0429. The van der Waals surface area contributed by atoms with Crippen molar-refractivity contribution in [1.29, 1.82) is 0 Å². The van der Waals surface area contributed by atoms with Crippen LogP contribution in [0.15, 0.2) is 35.0 Å². The van der Waals surface area contributed by atoms with Crippen molar-refractivity contribution in [3.63, 3.8) is 0 Å². The van der Waals surface area contributed by atoms with Crippen molar-refractivity contribution < 1.29 is 18.4 Å². The molecule has 3 aromatic rings. The maximum Gasteiger partial charge on any atom is 0.342 e. The molecule has 0 amide bonds. The summed E-state index contributed by atoms with van der Waals surface area (Å²) in [6, 6.07) is 6.04. The van der Waals surface area contributed by atoms with Crippen LogP contribution in [0.4, 0.5) is 4.39 Å². The van der Waals surface area contributed by atoms with E-state index in [2.05, 4.69) is 15.2 Å². The van der Waals surface area contributed by atoms with E-state index >= 15 is 0 Å². The molecule has 0 unspecified atom stereocenters. The zero-order valence-electron chi connectivity index (χ0n) is 13.2. The van der Waals surface area contributed by atoms with Crippen molar-refractivity contribution in [3.05, 3.63) is 64.8 Å². The summed E-state index contributed by atoms with van der Waals surface area (Å²) < 4.78 is 24.7. The first kappa shape index (κ1) is 15.9. The second-order valence-corrected chi connectivity index (χ2v) is 5.25. The molecule has 0 spiro atoms. The van der Waals surface area contributed by atoms with Gasteiger partial charge < -0.3 is 9.26 Å². The summed E-state index contributed by atoms with van der Waals surface area (Å²) in [6.45, 7) is 1.65. The van der Waals surface area contributed by atoms with Gasteiger partial charge in [-0.05, 0) is 24.6 Å². The number of hydrogen-bond donors (Lipinski definition) is 0. The van der Waals surface area contributed by atoms with E-state index in [0.717, 1.165) is 5.56 Å². The molecule has 0 saturated heterocycles. The molecule has 1 aromatic carbocycles. The lowest BCUT2D eigenvalue weighted by atomic mass is 10.1. The Morgan fingerprint density at radius 3 is 2.75 bits per heavy atom. The van der Waals surface area contributed by atoms with Gasteiger partial charge in [0.05, 0.1) is 6.20 Å². The fourth-order valence-corrected chi connectivity index (χ4v) is 2.11. The molecule has 0 aliphatic heterocycles. The molecule has 2 heterocycles. The summed E-state index contributed by atoms with van der Waals surface area (Å²) in [5, 5.41) is 7.81. The second kappa shape index (κ2) is 6.61. The Kier molecular flexibility index (Phi) is 4.37. The monoisotopic (exact) mass is 330 g/mol. The molecule has 24 heavy (non-hydrogen) atoms. The number of carbonyl (C=O) groups excluding carboxylic acids is 1. The third-order valence-electron chi connectivity index (χ3n) is 3.57. The van der Waals surface area contributed by atoms with Crippen LogP contribution in [0, 0.1) is 12.7 Å². The van der Waals surface area contributed by atoms with Gasteiger partial charge >= 0.3 is 5.97 Å². The van der Waals surface area contributed by atoms with Gasteiger partial charge in [0.25, 0.3) is 5.89 Å². The Balaban J connectivity index is 1.59. The first-order chi connectivity index (χ1) is 11.5. The normalized spacial score (nSPS) is 10.8. The van der Waals surface area contributed by atoms with Gasteiger partial charge in [0, 0.05) is 19.2 Å². The van der Waals surface area contributed by atoms with Crippen molar-refractivity contribution in [2.45, 2.75) is 20.0 Å². The van der Waals surface area contributed by atoms with Gasteiger partial charge in [-0.2, -0.15) is 10.1 Å². The molecule has 0 radical (unpaired) electrons. The van der Waals surface area contributed by atoms with E-state index in [4.69, 9.17) is 9.26 Å². The van der Waals surface area contributed by atoms with E-state index in [1.165, 1.54) is 18.3 Å². The zero-order chi connectivity index (χ0) is 17.1. The average molecular weight is 330 g/mol. The van der Waals surface area contributed by atoms with Gasteiger partial charge in [-0.15, -0.1) is 0 Å². The Hall–Kier alpha value is -3.03. The third kappa shape index (κ3) is 3.48. The Morgan fingerprint density at radius 2 is 2.08 bits per heavy atom. The molecule has 0 N–H and O–H groups in total. The molecule has 2 aromatic heterocycles. The highest BCUT2D eigenvalue weighted by atomic mass is 19.1. The molecule has 0 aliphatic rings. The van der Waals surface area contributed by atoms with E-state index in [-0.39, 0.29) is 18.3 Å². The molecule has 3 rings (SSSR count). The fourth-order valence-electron chi connectivity index (χ4n) is 2.11. The lowest BCUT2D eigenvalue weighted by Gasteiger charge is -2.01. The highest BCUT2D eigenvalue weighted by Gasteiger charge is 2.16. The quantitative estimate of drug-likeness (QED) is 0.667. The van der Waals surface area contributed by atoms with E-state index in [0.29, 0.717) is 23.5 Å². The second-order valence-electron chi connectivity index (χ2n) is 5.25. The summed E-state index contributed by atoms with van der Waals surface area (Å²) in [5.74, 6) is -0.170. The van der Waals surface area contributed by atoms with Crippen molar-refractivity contribution in [3.8, 4) is 0 Å². The highest BCUT2D eigenvalue weighted by Crippen LogP contribution is 2.11. The number of esters is 1. The molecule has 0 aliphatic carbocycles. The van der Waals surface area contributed by atoms with Crippen molar-refractivity contribution in [1.82, 2.24) is 19.9 Å². The van der Waals surface area contributed by atoms with Crippen LogP contribution in [0.2, 0.25) is 0 Å². The first-order valence-corrected chi connectivity index (χ1v) is 7.24. The molecule has 0 fully saturated rings. The van der Waals surface area contributed by atoms with Crippen LogP contribution in [0.25, 0.3) is 0 Å². The number of aryl methyl sites for hydroxylation is 1. The predicted molar refractivity (Wildman–Crippen MR) is 80.6 cm³/mol. The Morgan fingerprint density at radius 1 is 1.33 bits per heavy atom. The Bertz CT molecular complexity index is 855. The average Bonchev–Trinajstić information content (AvgIpc) is 3.15. The van der Waals surface area contributed by atoms with Gasteiger partial charge in [0.1, 0.15) is 11.4 Å². The Labute approximate surface area is 137 Å². The van der Waals surface area contributed by atoms with Gasteiger partial charge in [0.2, 0.25) is 0 Å². The van der Waals surface area contributed by atoms with E-state index in [1.807, 2.05) is 0 Å². The number of rotatable bonds is 5. The third-order valence-corrected chi connectivity index (χ3v) is 3.57. The number of nitrogens with zero attached hydrogens (tertiary/aromatic N) is 4. The number of carbonyl (C=O) groups is 1. The van der Waals surface area contributed by atoms with Crippen LogP contribution in [-0.2, 0) is 24.8 Å². The van der Waals surface area contributed by atoms with Gasteiger partial charge in [-0.3, -0.25) is 4.68 Å². The van der Waals surface area contributed by atoms with Crippen LogP contribution in [0.1, 0.15) is 33.3 Å². The van der Waals surface area contributed by atoms with Gasteiger partial charge in [-0.25, -0.2) is 9.18 Å². The minimum Gasteiger partial charge on any atom is -0.452 e. The van der Waals surface area contributed by atoms with Crippen LogP contribution < -0.4 is 0 Å². The van der Waals surface area contributed by atoms with Crippen molar-refractivity contribution in [2.24, 2.45) is 7.05 Å². The maximum atomic E-state index is 12.9. The topological polar surface area (TPSA) is 83.0 Å². The standard InChI is InChI=1S/C16H15FN4O3/c1-10-13(8-18-21(10)2)16(22)23-9-15-19-14(20-24-15)7-11-3-5-12(17)6-4-11/h3-6,8H,7,9H2,1-2H3. The highest BCUT2D eigenvalue weighted by molar-refractivity contribution is 5.90. The molecular weight excluding hydrogens is 315 g/mol. The minimum absolute atomic E-state index is 0.121. The SMILES string of the molecule is Cc1c(C(=O)OCc2nc(Cc3ccc(F)cc3)no2)cnn1C. The minimum atomic E-state index is -0.501. The van der Waals surface area contributed by atoms with Crippen LogP contribution in [0.5, 0.6) is 0 Å². The van der Waals surface area contributed by atoms with Crippen molar-refractivity contribution in [2.75, 3.05) is 0 Å². The largest absolute Gasteiger partial charge is 0.452 e. The first-order valence-electron chi connectivity index (χ1n) is 7.24. The number of hydrogen-bond acceptors (Lipinski definition) is 6. The summed E-state index contributed by atoms with van der Waals surface area (Å²) in [6.07, 6.45) is 1.85.